The zero-order valence-electron chi connectivity index (χ0n) is 9.68. The monoisotopic (exact) mass is 256 g/mol. The standard InChI is InChI=1S/C10H16N4O2S/c1-17(15,16)14-10-7-6-9(12-13-10)11-8-4-2-3-5-8/h6-8H,2-5H2,1H3,(H,11,12)(H,13,14). The van der Waals surface area contributed by atoms with Gasteiger partial charge in [-0.3, -0.25) is 4.72 Å². The van der Waals surface area contributed by atoms with Gasteiger partial charge in [0.25, 0.3) is 0 Å². The number of hydrogen-bond acceptors (Lipinski definition) is 5. The van der Waals surface area contributed by atoms with Crippen LogP contribution in [0.5, 0.6) is 0 Å². The first-order valence-electron chi connectivity index (χ1n) is 5.61. The van der Waals surface area contributed by atoms with E-state index in [9.17, 15) is 8.42 Å². The highest BCUT2D eigenvalue weighted by Gasteiger charge is 2.15. The lowest BCUT2D eigenvalue weighted by Gasteiger charge is -2.11. The van der Waals surface area contributed by atoms with E-state index in [1.54, 1.807) is 12.1 Å². The molecule has 0 aliphatic heterocycles. The molecule has 1 aliphatic carbocycles. The first-order valence-corrected chi connectivity index (χ1v) is 7.50. The summed E-state index contributed by atoms with van der Waals surface area (Å²) >= 11 is 0. The predicted octanol–water partition coefficient (Wildman–Crippen LogP) is 1.20. The van der Waals surface area contributed by atoms with Crippen molar-refractivity contribution in [2.45, 2.75) is 31.7 Å². The van der Waals surface area contributed by atoms with Gasteiger partial charge in [-0.25, -0.2) is 8.42 Å². The normalized spacial score (nSPS) is 17.0. The van der Waals surface area contributed by atoms with E-state index in [-0.39, 0.29) is 5.82 Å². The predicted molar refractivity (Wildman–Crippen MR) is 66.4 cm³/mol. The van der Waals surface area contributed by atoms with Gasteiger partial charge < -0.3 is 5.32 Å². The molecular weight excluding hydrogens is 240 g/mol. The summed E-state index contributed by atoms with van der Waals surface area (Å²) < 4.78 is 24.2. The zero-order chi connectivity index (χ0) is 12.3. The second-order valence-electron chi connectivity index (χ2n) is 4.30. The number of aromatic nitrogens is 2. The molecular formula is C10H16N4O2S. The van der Waals surface area contributed by atoms with Crippen LogP contribution in [0, 0.1) is 0 Å². The van der Waals surface area contributed by atoms with Crippen molar-refractivity contribution in [2.24, 2.45) is 0 Å². The topological polar surface area (TPSA) is 84.0 Å². The van der Waals surface area contributed by atoms with Gasteiger partial charge in [0.1, 0.15) is 5.82 Å². The van der Waals surface area contributed by atoms with E-state index in [1.807, 2.05) is 0 Å². The third kappa shape index (κ3) is 3.85. The van der Waals surface area contributed by atoms with Crippen molar-refractivity contribution in [2.75, 3.05) is 16.3 Å². The Morgan fingerprint density at radius 3 is 2.29 bits per heavy atom. The Hall–Kier alpha value is -1.37. The second-order valence-corrected chi connectivity index (χ2v) is 6.05. The Morgan fingerprint density at radius 1 is 1.18 bits per heavy atom. The molecule has 94 valence electrons. The maximum Gasteiger partial charge on any atom is 0.231 e. The molecule has 1 aromatic rings. The molecule has 1 saturated carbocycles. The molecule has 1 aromatic heterocycles. The van der Waals surface area contributed by atoms with Gasteiger partial charge in [0.05, 0.1) is 6.26 Å². The SMILES string of the molecule is CS(=O)(=O)Nc1ccc(NC2CCCC2)nn1. The molecule has 0 radical (unpaired) electrons. The fourth-order valence-corrected chi connectivity index (χ4v) is 2.42. The number of sulfonamides is 1. The van der Waals surface area contributed by atoms with Gasteiger partial charge in [0.15, 0.2) is 5.82 Å². The van der Waals surface area contributed by atoms with Gasteiger partial charge in [-0.2, -0.15) is 0 Å². The van der Waals surface area contributed by atoms with Crippen LogP contribution in [0.3, 0.4) is 0 Å². The van der Waals surface area contributed by atoms with Crippen LogP contribution >= 0.6 is 0 Å². The Bertz CT molecular complexity index is 466. The molecule has 1 aliphatic rings. The summed E-state index contributed by atoms with van der Waals surface area (Å²) in [7, 11) is -3.29. The third-order valence-corrected chi connectivity index (χ3v) is 3.24. The lowest BCUT2D eigenvalue weighted by molar-refractivity contribution is 0.606. The number of hydrogen-bond donors (Lipinski definition) is 2. The van der Waals surface area contributed by atoms with Crippen LogP contribution < -0.4 is 10.0 Å². The summed E-state index contributed by atoms with van der Waals surface area (Å²) in [4.78, 5) is 0. The Kier molecular flexibility index (Phi) is 3.46. The van der Waals surface area contributed by atoms with Crippen molar-refractivity contribution >= 4 is 21.7 Å². The molecule has 17 heavy (non-hydrogen) atoms. The number of rotatable bonds is 4. The molecule has 2 N–H and O–H groups in total. The maximum absolute atomic E-state index is 11.0. The molecule has 1 heterocycles. The van der Waals surface area contributed by atoms with Crippen LogP contribution in [0.2, 0.25) is 0 Å². The fourth-order valence-electron chi connectivity index (χ4n) is 1.93. The molecule has 0 bridgehead atoms. The van der Waals surface area contributed by atoms with Gasteiger partial charge in [0.2, 0.25) is 10.0 Å². The molecule has 0 aromatic carbocycles. The second kappa shape index (κ2) is 4.87. The van der Waals surface area contributed by atoms with Crippen molar-refractivity contribution in [3.8, 4) is 0 Å². The Balaban J connectivity index is 1.97. The molecule has 6 nitrogen and oxygen atoms in total. The summed E-state index contributed by atoms with van der Waals surface area (Å²) in [5.41, 5.74) is 0. The van der Waals surface area contributed by atoms with Crippen molar-refractivity contribution < 1.29 is 8.42 Å². The van der Waals surface area contributed by atoms with E-state index in [0.29, 0.717) is 11.9 Å². The zero-order valence-corrected chi connectivity index (χ0v) is 10.5. The first-order chi connectivity index (χ1) is 8.03. The number of anilines is 2. The minimum absolute atomic E-state index is 0.240. The summed E-state index contributed by atoms with van der Waals surface area (Å²) in [5.74, 6) is 0.931. The van der Waals surface area contributed by atoms with Crippen molar-refractivity contribution in [3.05, 3.63) is 12.1 Å². The van der Waals surface area contributed by atoms with Crippen LogP contribution in [-0.4, -0.2) is 30.9 Å². The highest BCUT2D eigenvalue weighted by molar-refractivity contribution is 7.92. The minimum Gasteiger partial charge on any atom is -0.366 e. The highest BCUT2D eigenvalue weighted by Crippen LogP contribution is 2.21. The van der Waals surface area contributed by atoms with Gasteiger partial charge >= 0.3 is 0 Å². The summed E-state index contributed by atoms with van der Waals surface area (Å²) in [6.45, 7) is 0. The molecule has 0 spiro atoms. The van der Waals surface area contributed by atoms with Crippen molar-refractivity contribution in [3.63, 3.8) is 0 Å². The average Bonchev–Trinajstić information content (AvgIpc) is 2.71. The maximum atomic E-state index is 11.0. The summed E-state index contributed by atoms with van der Waals surface area (Å²) in [6, 6.07) is 3.81. The number of nitrogens with zero attached hydrogens (tertiary/aromatic N) is 2. The van der Waals surface area contributed by atoms with Crippen LogP contribution in [0.25, 0.3) is 0 Å². The van der Waals surface area contributed by atoms with Gasteiger partial charge in [0, 0.05) is 6.04 Å². The van der Waals surface area contributed by atoms with Crippen LogP contribution in [0.4, 0.5) is 11.6 Å². The largest absolute Gasteiger partial charge is 0.366 e. The average molecular weight is 256 g/mol. The Labute approximate surface area is 101 Å². The fraction of sp³-hybridized carbons (Fsp3) is 0.600. The van der Waals surface area contributed by atoms with Crippen molar-refractivity contribution in [1.29, 1.82) is 0 Å². The van der Waals surface area contributed by atoms with E-state index in [0.717, 1.165) is 19.1 Å². The van der Waals surface area contributed by atoms with Crippen LogP contribution in [0.15, 0.2) is 12.1 Å². The minimum atomic E-state index is -3.29. The first kappa shape index (κ1) is 12.1. The quantitative estimate of drug-likeness (QED) is 0.845. The smallest absolute Gasteiger partial charge is 0.231 e. The van der Waals surface area contributed by atoms with Gasteiger partial charge in [-0.05, 0) is 25.0 Å². The molecule has 1 fully saturated rings. The van der Waals surface area contributed by atoms with Crippen LogP contribution in [0.1, 0.15) is 25.7 Å². The summed E-state index contributed by atoms with van der Waals surface area (Å²) in [5, 5.41) is 11.0. The van der Waals surface area contributed by atoms with Crippen LogP contribution in [-0.2, 0) is 10.0 Å². The van der Waals surface area contributed by atoms with E-state index in [4.69, 9.17) is 0 Å². The molecule has 0 atom stereocenters. The van der Waals surface area contributed by atoms with E-state index in [1.165, 1.54) is 12.8 Å². The van der Waals surface area contributed by atoms with E-state index >= 15 is 0 Å². The van der Waals surface area contributed by atoms with Gasteiger partial charge in [-0.15, -0.1) is 10.2 Å². The summed E-state index contributed by atoms with van der Waals surface area (Å²) in [6.07, 6.45) is 5.90. The molecule has 0 saturated heterocycles. The number of nitrogens with one attached hydrogen (secondary N) is 2. The van der Waals surface area contributed by atoms with E-state index < -0.39 is 10.0 Å². The molecule has 2 rings (SSSR count). The lowest BCUT2D eigenvalue weighted by Crippen LogP contribution is -2.16. The molecule has 0 amide bonds. The highest BCUT2D eigenvalue weighted by atomic mass is 32.2. The lowest BCUT2D eigenvalue weighted by atomic mass is 10.2. The third-order valence-electron chi connectivity index (χ3n) is 2.66. The Morgan fingerprint density at radius 2 is 1.76 bits per heavy atom. The van der Waals surface area contributed by atoms with Crippen molar-refractivity contribution in [1.82, 2.24) is 10.2 Å². The molecule has 7 heteroatoms. The van der Waals surface area contributed by atoms with E-state index in [2.05, 4.69) is 20.2 Å². The molecule has 0 unspecified atom stereocenters. The van der Waals surface area contributed by atoms with Gasteiger partial charge in [-0.1, -0.05) is 12.8 Å².